The van der Waals surface area contributed by atoms with Crippen molar-refractivity contribution in [2.24, 2.45) is 0 Å². The van der Waals surface area contributed by atoms with E-state index in [0.29, 0.717) is 32.2 Å². The predicted octanol–water partition coefficient (Wildman–Crippen LogP) is 1.18. The van der Waals surface area contributed by atoms with Crippen LogP contribution < -0.4 is 0 Å². The zero-order valence-electron chi connectivity index (χ0n) is 10.4. The average molecular weight is 277 g/mol. The van der Waals surface area contributed by atoms with Gasteiger partial charge < -0.3 is 14.2 Å². The third kappa shape index (κ3) is 5.89. The molecular formula is C10H15NO8. The van der Waals surface area contributed by atoms with Crippen LogP contribution in [0.1, 0.15) is 32.6 Å². The second-order valence-electron chi connectivity index (χ2n) is 4.01. The summed E-state index contributed by atoms with van der Waals surface area (Å²) in [6, 6.07) is 0. The summed E-state index contributed by atoms with van der Waals surface area (Å²) in [4.78, 5) is 35.4. The molecule has 108 valence electrons. The summed E-state index contributed by atoms with van der Waals surface area (Å²) in [7, 11) is 0. The Kier molecular flexibility index (Phi) is 5.83. The lowest BCUT2D eigenvalue weighted by Gasteiger charge is -2.26. The summed E-state index contributed by atoms with van der Waals surface area (Å²) in [5.41, 5.74) is 0. The van der Waals surface area contributed by atoms with Gasteiger partial charge in [-0.05, 0) is 32.6 Å². The van der Waals surface area contributed by atoms with E-state index < -0.39 is 17.5 Å². The summed E-state index contributed by atoms with van der Waals surface area (Å²) in [5.74, 6) is 0. The Morgan fingerprint density at radius 3 is 2.42 bits per heavy atom. The van der Waals surface area contributed by atoms with E-state index >= 15 is 0 Å². The van der Waals surface area contributed by atoms with Gasteiger partial charge in [0.25, 0.3) is 11.6 Å². The number of hydrogen-bond donors (Lipinski definition) is 0. The van der Waals surface area contributed by atoms with Crippen molar-refractivity contribution in [1.29, 1.82) is 0 Å². The molecule has 0 aromatic carbocycles. The summed E-state index contributed by atoms with van der Waals surface area (Å²) < 4.78 is 14.3. The van der Waals surface area contributed by atoms with Gasteiger partial charge in [0.2, 0.25) is 6.29 Å². The van der Waals surface area contributed by atoms with Crippen LogP contribution in [0, 0.1) is 10.1 Å². The standard InChI is InChI=1S/C10H15NO8/c1-7(19-11(14)15)17-10(13)18-9-4-2-8(3-5-9)16-6-12/h6-9H,2-5H2,1H3. The van der Waals surface area contributed by atoms with Crippen LogP contribution in [0.3, 0.4) is 0 Å². The largest absolute Gasteiger partial charge is 0.510 e. The lowest BCUT2D eigenvalue weighted by Crippen LogP contribution is -2.30. The highest BCUT2D eigenvalue weighted by atomic mass is 17.0. The molecule has 0 heterocycles. The van der Waals surface area contributed by atoms with E-state index in [1.165, 1.54) is 6.92 Å². The zero-order chi connectivity index (χ0) is 14.3. The normalized spacial score (nSPS) is 23.8. The molecule has 1 atom stereocenters. The molecule has 0 bridgehead atoms. The monoisotopic (exact) mass is 277 g/mol. The van der Waals surface area contributed by atoms with Crippen molar-refractivity contribution in [1.82, 2.24) is 0 Å². The second kappa shape index (κ2) is 7.39. The highest BCUT2D eigenvalue weighted by Crippen LogP contribution is 2.23. The molecule has 19 heavy (non-hydrogen) atoms. The summed E-state index contributed by atoms with van der Waals surface area (Å²) >= 11 is 0. The van der Waals surface area contributed by atoms with E-state index in [1.807, 2.05) is 0 Å². The SMILES string of the molecule is CC(OC(=O)OC1CCC(OC=O)CC1)O[N+](=O)[O-]. The summed E-state index contributed by atoms with van der Waals surface area (Å²) in [6.07, 6.45) is -0.566. The fourth-order valence-corrected chi connectivity index (χ4v) is 1.81. The molecule has 0 aliphatic heterocycles. The van der Waals surface area contributed by atoms with Crippen molar-refractivity contribution >= 4 is 12.6 Å². The van der Waals surface area contributed by atoms with Gasteiger partial charge in [-0.3, -0.25) is 9.63 Å². The van der Waals surface area contributed by atoms with Crippen LogP contribution in [0.15, 0.2) is 0 Å². The predicted molar refractivity (Wildman–Crippen MR) is 58.3 cm³/mol. The molecule has 9 nitrogen and oxygen atoms in total. The fourth-order valence-electron chi connectivity index (χ4n) is 1.81. The minimum atomic E-state index is -1.32. The highest BCUT2D eigenvalue weighted by Gasteiger charge is 2.26. The van der Waals surface area contributed by atoms with Crippen LogP contribution in [-0.2, 0) is 23.8 Å². The molecule has 1 rings (SSSR count). The molecule has 0 aromatic heterocycles. The highest BCUT2D eigenvalue weighted by molar-refractivity contribution is 5.60. The van der Waals surface area contributed by atoms with Crippen LogP contribution in [0.5, 0.6) is 0 Å². The van der Waals surface area contributed by atoms with Crippen molar-refractivity contribution in [2.45, 2.75) is 51.1 Å². The van der Waals surface area contributed by atoms with Gasteiger partial charge >= 0.3 is 6.16 Å². The molecule has 1 fully saturated rings. The maximum absolute atomic E-state index is 11.3. The Morgan fingerprint density at radius 2 is 1.89 bits per heavy atom. The van der Waals surface area contributed by atoms with Crippen LogP contribution in [0.2, 0.25) is 0 Å². The van der Waals surface area contributed by atoms with Gasteiger partial charge in [-0.1, -0.05) is 0 Å². The molecule has 0 aromatic rings. The third-order valence-electron chi connectivity index (χ3n) is 2.63. The van der Waals surface area contributed by atoms with E-state index in [9.17, 15) is 19.7 Å². The van der Waals surface area contributed by atoms with Gasteiger partial charge in [-0.25, -0.2) is 4.79 Å². The first-order chi connectivity index (χ1) is 9.01. The molecule has 0 spiro atoms. The molecule has 0 saturated heterocycles. The topological polar surface area (TPSA) is 114 Å². The summed E-state index contributed by atoms with van der Waals surface area (Å²) in [6.45, 7) is 1.61. The second-order valence-corrected chi connectivity index (χ2v) is 4.01. The van der Waals surface area contributed by atoms with Crippen LogP contribution >= 0.6 is 0 Å². The third-order valence-corrected chi connectivity index (χ3v) is 2.63. The number of carbonyl (C=O) groups excluding carboxylic acids is 2. The van der Waals surface area contributed by atoms with E-state index in [1.54, 1.807) is 0 Å². The number of carbonyl (C=O) groups is 2. The number of ether oxygens (including phenoxy) is 3. The first-order valence-corrected chi connectivity index (χ1v) is 5.78. The van der Waals surface area contributed by atoms with Crippen molar-refractivity contribution in [3.8, 4) is 0 Å². The van der Waals surface area contributed by atoms with Gasteiger partial charge in [0.05, 0.1) is 0 Å². The maximum Gasteiger partial charge on any atom is 0.510 e. The van der Waals surface area contributed by atoms with Crippen LogP contribution in [-0.4, -0.2) is 36.2 Å². The Labute approximate surface area is 108 Å². The van der Waals surface area contributed by atoms with E-state index in [2.05, 4.69) is 9.57 Å². The Bertz CT molecular complexity index is 325. The van der Waals surface area contributed by atoms with Gasteiger partial charge in [0.1, 0.15) is 12.2 Å². The molecule has 1 saturated carbocycles. The molecule has 0 N–H and O–H groups in total. The lowest BCUT2D eigenvalue weighted by atomic mass is 9.95. The number of rotatable bonds is 6. The minimum absolute atomic E-state index is 0.148. The van der Waals surface area contributed by atoms with Gasteiger partial charge in [-0.15, -0.1) is 10.1 Å². The van der Waals surface area contributed by atoms with E-state index in [-0.39, 0.29) is 12.2 Å². The molecule has 0 amide bonds. The number of nitrogens with zero attached hydrogens (tertiary/aromatic N) is 1. The van der Waals surface area contributed by atoms with Gasteiger partial charge in [0, 0.05) is 0 Å². The van der Waals surface area contributed by atoms with Gasteiger partial charge in [-0.2, -0.15) is 0 Å². The minimum Gasteiger partial charge on any atom is -0.465 e. The Balaban J connectivity index is 2.23. The first-order valence-electron chi connectivity index (χ1n) is 5.78. The molecule has 1 aliphatic carbocycles. The number of hydrogen-bond acceptors (Lipinski definition) is 8. The average Bonchev–Trinajstić information content (AvgIpc) is 2.30. The maximum atomic E-state index is 11.3. The molecular weight excluding hydrogens is 262 g/mol. The van der Waals surface area contributed by atoms with Crippen LogP contribution in [0.25, 0.3) is 0 Å². The van der Waals surface area contributed by atoms with Crippen molar-refractivity contribution in [2.75, 3.05) is 0 Å². The first kappa shape index (κ1) is 15.0. The molecule has 1 unspecified atom stereocenters. The smallest absolute Gasteiger partial charge is 0.465 e. The molecule has 0 radical (unpaired) electrons. The lowest BCUT2D eigenvalue weighted by molar-refractivity contribution is -0.777. The fraction of sp³-hybridized carbons (Fsp3) is 0.800. The molecule has 9 heteroatoms. The van der Waals surface area contributed by atoms with E-state index in [4.69, 9.17) is 9.47 Å². The quantitative estimate of drug-likeness (QED) is 0.234. The zero-order valence-corrected chi connectivity index (χ0v) is 10.4. The van der Waals surface area contributed by atoms with E-state index in [0.717, 1.165) is 0 Å². The Hall–Kier alpha value is -2.06. The van der Waals surface area contributed by atoms with Crippen molar-refractivity contribution in [3.05, 3.63) is 10.1 Å². The Morgan fingerprint density at radius 1 is 1.32 bits per heavy atom. The van der Waals surface area contributed by atoms with Crippen molar-refractivity contribution in [3.63, 3.8) is 0 Å². The van der Waals surface area contributed by atoms with Crippen LogP contribution in [0.4, 0.5) is 4.79 Å². The summed E-state index contributed by atoms with van der Waals surface area (Å²) in [5, 5.41) is 8.93. The van der Waals surface area contributed by atoms with Crippen molar-refractivity contribution < 1.29 is 33.7 Å². The van der Waals surface area contributed by atoms with Gasteiger partial charge in [0.15, 0.2) is 0 Å². The molecule has 1 aliphatic rings.